The van der Waals surface area contributed by atoms with Crippen LogP contribution in [0.2, 0.25) is 0 Å². The molecule has 124 valence electrons. The lowest BCUT2D eigenvalue weighted by Crippen LogP contribution is -2.40. The molecule has 0 aromatic carbocycles. The minimum Gasteiger partial charge on any atom is -0.373 e. The molecule has 1 fully saturated rings. The number of thiazole rings is 1. The minimum atomic E-state index is -0.0896. The zero-order valence-corrected chi connectivity index (χ0v) is 15.0. The SMILES string of the molecule is CCNC(=NCC1(C)CCCO1)NCCc1sc(C)nc1C. The molecule has 0 saturated carbocycles. The summed E-state index contributed by atoms with van der Waals surface area (Å²) in [6, 6.07) is 0. The van der Waals surface area contributed by atoms with Crippen molar-refractivity contribution < 1.29 is 4.74 Å². The van der Waals surface area contributed by atoms with Crippen molar-refractivity contribution in [1.82, 2.24) is 15.6 Å². The number of aryl methyl sites for hydroxylation is 2. The van der Waals surface area contributed by atoms with Crippen molar-refractivity contribution in [3.05, 3.63) is 15.6 Å². The summed E-state index contributed by atoms with van der Waals surface area (Å²) in [6.07, 6.45) is 3.21. The first-order chi connectivity index (χ1) is 10.5. The van der Waals surface area contributed by atoms with Crippen LogP contribution in [0, 0.1) is 13.8 Å². The zero-order chi connectivity index (χ0) is 16.0. The Kier molecular flexibility index (Phi) is 6.20. The van der Waals surface area contributed by atoms with Gasteiger partial charge < -0.3 is 15.4 Å². The Labute approximate surface area is 137 Å². The Morgan fingerprint density at radius 3 is 2.82 bits per heavy atom. The van der Waals surface area contributed by atoms with E-state index in [1.54, 1.807) is 11.3 Å². The topological polar surface area (TPSA) is 58.5 Å². The maximum atomic E-state index is 5.79. The average molecular weight is 324 g/mol. The molecule has 5 nitrogen and oxygen atoms in total. The van der Waals surface area contributed by atoms with Gasteiger partial charge in [0.15, 0.2) is 5.96 Å². The van der Waals surface area contributed by atoms with Crippen molar-refractivity contribution >= 4 is 17.3 Å². The van der Waals surface area contributed by atoms with Crippen LogP contribution in [0.3, 0.4) is 0 Å². The van der Waals surface area contributed by atoms with E-state index in [1.807, 2.05) is 0 Å². The van der Waals surface area contributed by atoms with Crippen molar-refractivity contribution in [2.75, 3.05) is 26.2 Å². The lowest BCUT2D eigenvalue weighted by Gasteiger charge is -2.21. The molecule has 1 unspecified atom stereocenters. The predicted molar refractivity (Wildman–Crippen MR) is 92.9 cm³/mol. The molecule has 1 aromatic heterocycles. The molecule has 0 amide bonds. The van der Waals surface area contributed by atoms with Crippen LogP contribution in [-0.4, -0.2) is 42.8 Å². The Balaban J connectivity index is 1.84. The number of aromatic nitrogens is 1. The second-order valence-electron chi connectivity index (χ2n) is 6.02. The molecule has 0 radical (unpaired) electrons. The number of hydrogen-bond donors (Lipinski definition) is 2. The van der Waals surface area contributed by atoms with Crippen LogP contribution in [0.15, 0.2) is 4.99 Å². The maximum absolute atomic E-state index is 5.79. The van der Waals surface area contributed by atoms with Crippen LogP contribution in [0.4, 0.5) is 0 Å². The maximum Gasteiger partial charge on any atom is 0.191 e. The van der Waals surface area contributed by atoms with Crippen LogP contribution in [0.25, 0.3) is 0 Å². The molecule has 1 aliphatic rings. The quantitative estimate of drug-likeness (QED) is 0.623. The van der Waals surface area contributed by atoms with Gasteiger partial charge >= 0.3 is 0 Å². The molecule has 2 N–H and O–H groups in total. The molecular weight excluding hydrogens is 296 g/mol. The van der Waals surface area contributed by atoms with Crippen molar-refractivity contribution in [2.45, 2.75) is 52.6 Å². The third-order valence-corrected chi connectivity index (χ3v) is 4.99. The van der Waals surface area contributed by atoms with E-state index in [4.69, 9.17) is 4.74 Å². The van der Waals surface area contributed by atoms with Crippen LogP contribution < -0.4 is 10.6 Å². The molecule has 1 aliphatic heterocycles. The molecule has 1 saturated heterocycles. The molecule has 2 rings (SSSR count). The van der Waals surface area contributed by atoms with E-state index >= 15 is 0 Å². The van der Waals surface area contributed by atoms with Gasteiger partial charge in [-0.25, -0.2) is 4.98 Å². The Bertz CT molecular complexity index is 506. The van der Waals surface area contributed by atoms with Gasteiger partial charge in [-0.15, -0.1) is 11.3 Å². The number of rotatable bonds is 6. The second-order valence-corrected chi connectivity index (χ2v) is 7.30. The van der Waals surface area contributed by atoms with Gasteiger partial charge in [-0.2, -0.15) is 0 Å². The monoisotopic (exact) mass is 324 g/mol. The van der Waals surface area contributed by atoms with Crippen LogP contribution >= 0.6 is 11.3 Å². The molecular formula is C16H28N4OS. The van der Waals surface area contributed by atoms with Gasteiger partial charge in [0, 0.05) is 31.0 Å². The molecule has 0 spiro atoms. The summed E-state index contributed by atoms with van der Waals surface area (Å²) in [5.74, 6) is 0.873. The molecule has 1 aromatic rings. The summed E-state index contributed by atoms with van der Waals surface area (Å²) in [4.78, 5) is 10.5. The zero-order valence-electron chi connectivity index (χ0n) is 14.2. The van der Waals surface area contributed by atoms with Crippen molar-refractivity contribution in [2.24, 2.45) is 4.99 Å². The summed E-state index contributed by atoms with van der Waals surface area (Å²) in [6.45, 7) is 11.7. The number of nitrogens with zero attached hydrogens (tertiary/aromatic N) is 2. The van der Waals surface area contributed by atoms with Gasteiger partial charge in [0.25, 0.3) is 0 Å². The summed E-state index contributed by atoms with van der Waals surface area (Å²) >= 11 is 1.78. The van der Waals surface area contributed by atoms with Gasteiger partial charge in [0.2, 0.25) is 0 Å². The van der Waals surface area contributed by atoms with E-state index in [2.05, 4.69) is 48.3 Å². The molecule has 2 heterocycles. The van der Waals surface area contributed by atoms with E-state index in [0.29, 0.717) is 6.54 Å². The number of nitrogens with one attached hydrogen (secondary N) is 2. The normalized spacial score (nSPS) is 22.1. The summed E-state index contributed by atoms with van der Waals surface area (Å²) in [7, 11) is 0. The average Bonchev–Trinajstić information content (AvgIpc) is 3.03. The summed E-state index contributed by atoms with van der Waals surface area (Å²) in [5.41, 5.74) is 1.06. The van der Waals surface area contributed by atoms with Crippen LogP contribution in [0.5, 0.6) is 0 Å². The van der Waals surface area contributed by atoms with E-state index in [0.717, 1.165) is 55.6 Å². The number of hydrogen-bond acceptors (Lipinski definition) is 4. The first-order valence-electron chi connectivity index (χ1n) is 8.11. The van der Waals surface area contributed by atoms with Gasteiger partial charge in [0.05, 0.1) is 22.8 Å². The number of ether oxygens (including phenoxy) is 1. The minimum absolute atomic E-state index is 0.0896. The highest BCUT2D eigenvalue weighted by Gasteiger charge is 2.29. The van der Waals surface area contributed by atoms with E-state index < -0.39 is 0 Å². The van der Waals surface area contributed by atoms with Crippen LogP contribution in [0.1, 0.15) is 42.3 Å². The largest absolute Gasteiger partial charge is 0.373 e. The van der Waals surface area contributed by atoms with E-state index in [9.17, 15) is 0 Å². The lowest BCUT2D eigenvalue weighted by atomic mass is 10.0. The van der Waals surface area contributed by atoms with Gasteiger partial charge in [0.1, 0.15) is 0 Å². The first-order valence-corrected chi connectivity index (χ1v) is 8.93. The van der Waals surface area contributed by atoms with Gasteiger partial charge in [-0.1, -0.05) is 0 Å². The van der Waals surface area contributed by atoms with E-state index in [1.165, 1.54) is 4.88 Å². The Hall–Kier alpha value is -1.14. The third-order valence-electron chi connectivity index (χ3n) is 3.86. The fourth-order valence-electron chi connectivity index (χ4n) is 2.65. The smallest absolute Gasteiger partial charge is 0.191 e. The van der Waals surface area contributed by atoms with Crippen LogP contribution in [-0.2, 0) is 11.2 Å². The number of guanidine groups is 1. The molecule has 0 aliphatic carbocycles. The summed E-state index contributed by atoms with van der Waals surface area (Å²) < 4.78 is 5.79. The third kappa shape index (κ3) is 4.95. The number of aliphatic imine (C=N–C) groups is 1. The standard InChI is InChI=1S/C16H28N4OS/c1-5-17-15(19-11-16(4)8-6-10-21-16)18-9-7-14-12(2)20-13(3)22-14/h5-11H2,1-4H3,(H2,17,18,19). The molecule has 6 heteroatoms. The van der Waals surface area contributed by atoms with Gasteiger partial charge in [-0.3, -0.25) is 4.99 Å². The summed E-state index contributed by atoms with van der Waals surface area (Å²) in [5, 5.41) is 7.85. The van der Waals surface area contributed by atoms with Crippen molar-refractivity contribution in [3.63, 3.8) is 0 Å². The highest BCUT2D eigenvalue weighted by atomic mass is 32.1. The second kappa shape index (κ2) is 7.92. The Morgan fingerprint density at radius 1 is 1.41 bits per heavy atom. The molecule has 1 atom stereocenters. The molecule has 0 bridgehead atoms. The van der Waals surface area contributed by atoms with Crippen molar-refractivity contribution in [1.29, 1.82) is 0 Å². The van der Waals surface area contributed by atoms with E-state index in [-0.39, 0.29) is 5.60 Å². The highest BCUT2D eigenvalue weighted by Crippen LogP contribution is 2.25. The lowest BCUT2D eigenvalue weighted by molar-refractivity contribution is 0.0283. The Morgan fingerprint density at radius 2 is 2.23 bits per heavy atom. The fourth-order valence-corrected chi connectivity index (χ4v) is 3.59. The highest BCUT2D eigenvalue weighted by molar-refractivity contribution is 7.11. The fraction of sp³-hybridized carbons (Fsp3) is 0.750. The molecule has 22 heavy (non-hydrogen) atoms. The predicted octanol–water partition coefficient (Wildman–Crippen LogP) is 2.43. The van der Waals surface area contributed by atoms with Crippen molar-refractivity contribution in [3.8, 4) is 0 Å². The first kappa shape index (κ1) is 17.2. The van der Waals surface area contributed by atoms with Gasteiger partial charge in [-0.05, 0) is 40.5 Å².